The smallest absolute Gasteiger partial charge is 0.161 e. The Labute approximate surface area is 92.0 Å². The number of aldehydes is 1. The number of methoxy groups -OCH3 is 1. The van der Waals surface area contributed by atoms with Gasteiger partial charge >= 0.3 is 0 Å². The van der Waals surface area contributed by atoms with Crippen molar-refractivity contribution in [3.8, 4) is 0 Å². The molecule has 0 saturated carbocycles. The first-order chi connectivity index (χ1) is 7.69. The molecule has 0 atom stereocenters. The third-order valence-corrected chi connectivity index (χ3v) is 1.99. The molecule has 0 heterocycles. The molecule has 1 aliphatic carbocycles. The van der Waals surface area contributed by atoms with E-state index in [0.29, 0.717) is 6.29 Å². The SMILES string of the molecule is COCCOC1=CC(F)=C(C=O)CC=C1F. The Balaban J connectivity index is 2.79. The first-order valence-corrected chi connectivity index (χ1v) is 4.72. The summed E-state index contributed by atoms with van der Waals surface area (Å²) in [7, 11) is 1.47. The van der Waals surface area contributed by atoms with Crippen molar-refractivity contribution < 1.29 is 23.0 Å². The summed E-state index contributed by atoms with van der Waals surface area (Å²) < 4.78 is 36.3. The van der Waals surface area contributed by atoms with Gasteiger partial charge in [0.25, 0.3) is 0 Å². The molecule has 0 saturated heterocycles. The second-order valence-corrected chi connectivity index (χ2v) is 3.10. The molecular weight excluding hydrogens is 218 g/mol. The summed E-state index contributed by atoms with van der Waals surface area (Å²) >= 11 is 0. The highest BCUT2D eigenvalue weighted by Gasteiger charge is 2.14. The molecule has 0 radical (unpaired) electrons. The predicted octanol–water partition coefficient (Wildman–Crippen LogP) is 2.21. The molecule has 0 fully saturated rings. The van der Waals surface area contributed by atoms with Gasteiger partial charge in [-0.25, -0.2) is 8.78 Å². The van der Waals surface area contributed by atoms with Crippen molar-refractivity contribution in [3.63, 3.8) is 0 Å². The maximum absolute atomic E-state index is 13.3. The molecule has 0 aromatic carbocycles. The van der Waals surface area contributed by atoms with Crippen LogP contribution in [0.2, 0.25) is 0 Å². The number of hydrogen-bond acceptors (Lipinski definition) is 3. The van der Waals surface area contributed by atoms with E-state index in [4.69, 9.17) is 9.47 Å². The van der Waals surface area contributed by atoms with E-state index in [9.17, 15) is 13.6 Å². The van der Waals surface area contributed by atoms with E-state index in [0.717, 1.165) is 12.2 Å². The Bertz CT molecular complexity index is 356. The van der Waals surface area contributed by atoms with Crippen molar-refractivity contribution in [2.75, 3.05) is 20.3 Å². The first-order valence-electron chi connectivity index (χ1n) is 4.72. The van der Waals surface area contributed by atoms with E-state index in [-0.39, 0.29) is 31.0 Å². The molecule has 88 valence electrons. The van der Waals surface area contributed by atoms with Gasteiger partial charge in [0.05, 0.1) is 6.61 Å². The predicted molar refractivity (Wildman–Crippen MR) is 53.9 cm³/mol. The normalized spacial score (nSPS) is 16.4. The van der Waals surface area contributed by atoms with Gasteiger partial charge in [-0.05, 0) is 12.5 Å². The van der Waals surface area contributed by atoms with E-state index in [1.165, 1.54) is 7.11 Å². The summed E-state index contributed by atoms with van der Waals surface area (Å²) in [5.41, 5.74) is -0.0968. The number of carbonyl (C=O) groups is 1. The summed E-state index contributed by atoms with van der Waals surface area (Å²) in [5.74, 6) is -1.67. The van der Waals surface area contributed by atoms with Crippen LogP contribution in [0, 0.1) is 0 Å². The molecule has 0 spiro atoms. The lowest BCUT2D eigenvalue weighted by atomic mass is 10.2. The molecule has 0 bridgehead atoms. The zero-order valence-corrected chi connectivity index (χ0v) is 8.83. The summed E-state index contributed by atoms with van der Waals surface area (Å²) in [4.78, 5) is 10.5. The van der Waals surface area contributed by atoms with Gasteiger partial charge in [0.1, 0.15) is 18.7 Å². The maximum Gasteiger partial charge on any atom is 0.161 e. The van der Waals surface area contributed by atoms with Crippen molar-refractivity contribution in [1.29, 1.82) is 0 Å². The molecular formula is C11H12F2O3. The van der Waals surface area contributed by atoms with Crippen LogP contribution in [0.15, 0.2) is 35.1 Å². The maximum atomic E-state index is 13.3. The van der Waals surface area contributed by atoms with Gasteiger partial charge in [0.15, 0.2) is 11.6 Å². The third kappa shape index (κ3) is 3.27. The molecule has 1 rings (SSSR count). The van der Waals surface area contributed by atoms with E-state index in [1.54, 1.807) is 0 Å². The number of rotatable bonds is 5. The number of halogens is 2. The average molecular weight is 230 g/mol. The van der Waals surface area contributed by atoms with Gasteiger partial charge < -0.3 is 9.47 Å². The number of hydrogen-bond donors (Lipinski definition) is 0. The molecule has 0 aliphatic heterocycles. The van der Waals surface area contributed by atoms with Crippen LogP contribution in [-0.4, -0.2) is 26.6 Å². The summed E-state index contributed by atoms with van der Waals surface area (Å²) in [6.45, 7) is 0.393. The van der Waals surface area contributed by atoms with Crippen LogP contribution in [0.5, 0.6) is 0 Å². The van der Waals surface area contributed by atoms with Crippen LogP contribution < -0.4 is 0 Å². The fraction of sp³-hybridized carbons (Fsp3) is 0.364. The fourth-order valence-corrected chi connectivity index (χ4v) is 1.12. The molecule has 5 heteroatoms. The highest BCUT2D eigenvalue weighted by Crippen LogP contribution is 2.24. The molecule has 0 aromatic rings. The molecule has 16 heavy (non-hydrogen) atoms. The summed E-state index contributed by atoms with van der Waals surface area (Å²) in [5, 5.41) is 0. The standard InChI is InChI=1S/C11H12F2O3/c1-15-4-5-16-11-6-10(13)8(7-14)2-3-9(11)12/h3,6-7H,2,4-5H2,1H3. The monoisotopic (exact) mass is 230 g/mol. The van der Waals surface area contributed by atoms with E-state index in [1.807, 2.05) is 0 Å². The Hall–Kier alpha value is -1.49. The van der Waals surface area contributed by atoms with Gasteiger partial charge in [-0.1, -0.05) is 0 Å². The minimum Gasteiger partial charge on any atom is -0.488 e. The summed E-state index contributed by atoms with van der Waals surface area (Å²) in [6.07, 6.45) is 2.27. The lowest BCUT2D eigenvalue weighted by Crippen LogP contribution is -2.02. The topological polar surface area (TPSA) is 35.5 Å². The van der Waals surface area contributed by atoms with Crippen LogP contribution in [0.25, 0.3) is 0 Å². The zero-order valence-electron chi connectivity index (χ0n) is 8.83. The number of carbonyl (C=O) groups excluding carboxylic acids is 1. The van der Waals surface area contributed by atoms with Gasteiger partial charge in [0.2, 0.25) is 0 Å². The minimum atomic E-state index is -0.772. The molecule has 3 nitrogen and oxygen atoms in total. The van der Waals surface area contributed by atoms with Crippen LogP contribution >= 0.6 is 0 Å². The Morgan fingerprint density at radius 3 is 2.81 bits per heavy atom. The van der Waals surface area contributed by atoms with Crippen molar-refractivity contribution in [1.82, 2.24) is 0 Å². The highest BCUT2D eigenvalue weighted by atomic mass is 19.1. The lowest BCUT2D eigenvalue weighted by molar-refractivity contribution is -0.105. The fourth-order valence-electron chi connectivity index (χ4n) is 1.12. The van der Waals surface area contributed by atoms with Crippen LogP contribution in [0.1, 0.15) is 6.42 Å². The van der Waals surface area contributed by atoms with Crippen molar-refractivity contribution >= 4 is 6.29 Å². The molecule has 0 aromatic heterocycles. The second-order valence-electron chi connectivity index (χ2n) is 3.10. The van der Waals surface area contributed by atoms with Crippen molar-refractivity contribution in [2.45, 2.75) is 6.42 Å². The second kappa shape index (κ2) is 6.17. The van der Waals surface area contributed by atoms with E-state index < -0.39 is 11.7 Å². The number of allylic oxidation sites excluding steroid dienone is 5. The van der Waals surface area contributed by atoms with Crippen molar-refractivity contribution in [2.24, 2.45) is 0 Å². The third-order valence-electron chi connectivity index (χ3n) is 1.99. The Kier molecular flexibility index (Phi) is 4.85. The molecule has 0 unspecified atom stereocenters. The van der Waals surface area contributed by atoms with Gasteiger partial charge in [0, 0.05) is 18.8 Å². The van der Waals surface area contributed by atoms with Gasteiger partial charge in [-0.2, -0.15) is 0 Å². The largest absolute Gasteiger partial charge is 0.488 e. The van der Waals surface area contributed by atoms with Crippen LogP contribution in [0.3, 0.4) is 0 Å². The van der Waals surface area contributed by atoms with Crippen molar-refractivity contribution in [3.05, 3.63) is 35.1 Å². The average Bonchev–Trinajstić information content (AvgIpc) is 2.40. The quantitative estimate of drug-likeness (QED) is 0.536. The summed E-state index contributed by atoms with van der Waals surface area (Å²) in [6, 6.07) is 0. The van der Waals surface area contributed by atoms with Gasteiger partial charge in [-0.3, -0.25) is 4.79 Å². The minimum absolute atomic E-state index is 0.0746. The van der Waals surface area contributed by atoms with E-state index in [2.05, 4.69) is 0 Å². The molecule has 0 amide bonds. The van der Waals surface area contributed by atoms with Crippen LogP contribution in [0.4, 0.5) is 8.78 Å². The Morgan fingerprint density at radius 1 is 1.44 bits per heavy atom. The first kappa shape index (κ1) is 12.6. The molecule has 1 aliphatic rings. The number of ether oxygens (including phenoxy) is 2. The van der Waals surface area contributed by atoms with Gasteiger partial charge in [-0.15, -0.1) is 0 Å². The molecule has 0 N–H and O–H groups in total. The zero-order chi connectivity index (χ0) is 12.0. The van der Waals surface area contributed by atoms with Crippen LogP contribution in [-0.2, 0) is 14.3 Å². The highest BCUT2D eigenvalue weighted by molar-refractivity contribution is 5.75. The Morgan fingerprint density at radius 2 is 2.19 bits per heavy atom. The lowest BCUT2D eigenvalue weighted by Gasteiger charge is -2.06. The van der Waals surface area contributed by atoms with E-state index >= 15 is 0 Å².